The van der Waals surface area contributed by atoms with Crippen LogP contribution >= 0.6 is 0 Å². The smallest absolute Gasteiger partial charge is 0.226 e. The summed E-state index contributed by atoms with van der Waals surface area (Å²) in [5, 5.41) is 3.20. The molecule has 1 saturated carbocycles. The van der Waals surface area contributed by atoms with Crippen molar-refractivity contribution in [2.75, 3.05) is 0 Å². The number of amides is 1. The van der Waals surface area contributed by atoms with Gasteiger partial charge in [0.2, 0.25) is 5.91 Å². The molecule has 2 unspecified atom stereocenters. The van der Waals surface area contributed by atoms with E-state index in [0.717, 1.165) is 32.1 Å². The van der Waals surface area contributed by atoms with E-state index in [2.05, 4.69) is 24.4 Å². The molecule has 3 heteroatoms. The minimum Gasteiger partial charge on any atom is -0.347 e. The van der Waals surface area contributed by atoms with E-state index in [1.165, 1.54) is 11.1 Å². The van der Waals surface area contributed by atoms with E-state index < -0.39 is 0 Å². The number of hydrogen-bond donors (Lipinski definition) is 2. The zero-order chi connectivity index (χ0) is 13.5. The Bertz CT molecular complexity index is 491. The second-order valence-electron chi connectivity index (χ2n) is 6.29. The second kappa shape index (κ2) is 4.64. The summed E-state index contributed by atoms with van der Waals surface area (Å²) in [6, 6.07) is 8.25. The van der Waals surface area contributed by atoms with E-state index in [4.69, 9.17) is 5.73 Å². The molecule has 102 valence electrons. The predicted octanol–water partition coefficient (Wildman–Crippen LogP) is 2.31. The van der Waals surface area contributed by atoms with Gasteiger partial charge in [0, 0.05) is 11.5 Å². The van der Waals surface area contributed by atoms with Gasteiger partial charge >= 0.3 is 0 Å². The molecule has 2 aliphatic carbocycles. The van der Waals surface area contributed by atoms with Crippen LogP contribution in [0.4, 0.5) is 0 Å². The second-order valence-corrected chi connectivity index (χ2v) is 6.29. The van der Waals surface area contributed by atoms with Gasteiger partial charge in [-0.2, -0.15) is 0 Å². The number of carbonyl (C=O) groups is 1. The van der Waals surface area contributed by atoms with Crippen LogP contribution in [0.3, 0.4) is 0 Å². The molecule has 0 spiro atoms. The van der Waals surface area contributed by atoms with E-state index in [1.807, 2.05) is 12.1 Å². The zero-order valence-corrected chi connectivity index (χ0v) is 11.5. The van der Waals surface area contributed by atoms with Gasteiger partial charge in [0.05, 0.1) is 6.04 Å². The highest BCUT2D eigenvalue weighted by molar-refractivity contribution is 5.83. The number of nitrogens with two attached hydrogens (primary N) is 1. The SMILES string of the molecule is CC1(C(=O)NC2c3ccccc3CC2N)CCCC1. The summed E-state index contributed by atoms with van der Waals surface area (Å²) < 4.78 is 0. The van der Waals surface area contributed by atoms with E-state index in [-0.39, 0.29) is 23.4 Å². The van der Waals surface area contributed by atoms with Crippen LogP contribution in [0.5, 0.6) is 0 Å². The van der Waals surface area contributed by atoms with Crippen molar-refractivity contribution in [2.24, 2.45) is 11.1 Å². The molecule has 0 heterocycles. The Hall–Kier alpha value is -1.35. The Morgan fingerprint density at radius 1 is 1.32 bits per heavy atom. The van der Waals surface area contributed by atoms with Gasteiger partial charge in [0.25, 0.3) is 0 Å². The van der Waals surface area contributed by atoms with E-state index >= 15 is 0 Å². The number of fused-ring (bicyclic) bond motifs is 1. The van der Waals surface area contributed by atoms with Gasteiger partial charge in [0.15, 0.2) is 0 Å². The number of nitrogens with one attached hydrogen (secondary N) is 1. The van der Waals surface area contributed by atoms with Crippen molar-refractivity contribution < 1.29 is 4.79 Å². The fraction of sp³-hybridized carbons (Fsp3) is 0.562. The Morgan fingerprint density at radius 3 is 2.74 bits per heavy atom. The van der Waals surface area contributed by atoms with Gasteiger partial charge < -0.3 is 11.1 Å². The van der Waals surface area contributed by atoms with Gasteiger partial charge in [-0.15, -0.1) is 0 Å². The topological polar surface area (TPSA) is 55.1 Å². The summed E-state index contributed by atoms with van der Waals surface area (Å²) in [5.74, 6) is 0.183. The monoisotopic (exact) mass is 258 g/mol. The summed E-state index contributed by atoms with van der Waals surface area (Å²) in [5.41, 5.74) is 8.50. The summed E-state index contributed by atoms with van der Waals surface area (Å²) in [6.45, 7) is 2.09. The first-order chi connectivity index (χ1) is 9.10. The molecule has 1 amide bonds. The Labute approximate surface area is 114 Å². The minimum atomic E-state index is -0.183. The lowest BCUT2D eigenvalue weighted by molar-refractivity contribution is -0.130. The molecule has 0 radical (unpaired) electrons. The normalized spacial score (nSPS) is 28.1. The molecule has 3 nitrogen and oxygen atoms in total. The van der Waals surface area contributed by atoms with Crippen LogP contribution in [0, 0.1) is 5.41 Å². The van der Waals surface area contributed by atoms with Crippen molar-refractivity contribution in [3.63, 3.8) is 0 Å². The van der Waals surface area contributed by atoms with Crippen LogP contribution in [0.1, 0.15) is 49.8 Å². The third-order valence-corrected chi connectivity index (χ3v) is 4.82. The molecule has 1 aromatic rings. The van der Waals surface area contributed by atoms with Gasteiger partial charge in [0.1, 0.15) is 0 Å². The van der Waals surface area contributed by atoms with Crippen LogP contribution in [-0.4, -0.2) is 11.9 Å². The fourth-order valence-corrected chi connectivity index (χ4v) is 3.51. The number of carbonyl (C=O) groups excluding carboxylic acids is 1. The third-order valence-electron chi connectivity index (χ3n) is 4.82. The summed E-state index contributed by atoms with van der Waals surface area (Å²) in [6.07, 6.45) is 5.19. The standard InChI is InChI=1S/C16H22N2O/c1-16(8-4-5-9-16)15(19)18-14-12-7-3-2-6-11(12)10-13(14)17/h2-3,6-7,13-14H,4-5,8-10,17H2,1H3,(H,18,19). The van der Waals surface area contributed by atoms with E-state index in [9.17, 15) is 4.79 Å². The Balaban J connectivity index is 1.78. The molecule has 0 saturated heterocycles. The lowest BCUT2D eigenvalue weighted by Gasteiger charge is -2.27. The van der Waals surface area contributed by atoms with Crippen LogP contribution in [-0.2, 0) is 11.2 Å². The fourth-order valence-electron chi connectivity index (χ4n) is 3.51. The Kier molecular flexibility index (Phi) is 3.09. The largest absolute Gasteiger partial charge is 0.347 e. The van der Waals surface area contributed by atoms with Crippen molar-refractivity contribution in [2.45, 2.75) is 51.1 Å². The zero-order valence-electron chi connectivity index (χ0n) is 11.5. The molecule has 0 aromatic heterocycles. The van der Waals surface area contributed by atoms with E-state index in [1.54, 1.807) is 0 Å². The number of hydrogen-bond acceptors (Lipinski definition) is 2. The average molecular weight is 258 g/mol. The molecule has 0 bridgehead atoms. The van der Waals surface area contributed by atoms with Crippen LogP contribution in [0.2, 0.25) is 0 Å². The lowest BCUT2D eigenvalue weighted by Crippen LogP contribution is -2.44. The maximum absolute atomic E-state index is 12.5. The highest BCUT2D eigenvalue weighted by Gasteiger charge is 2.39. The maximum atomic E-state index is 12.5. The van der Waals surface area contributed by atoms with Crippen molar-refractivity contribution in [1.29, 1.82) is 0 Å². The molecule has 2 atom stereocenters. The first-order valence-corrected chi connectivity index (χ1v) is 7.24. The quantitative estimate of drug-likeness (QED) is 0.855. The molecule has 2 aliphatic rings. The summed E-state index contributed by atoms with van der Waals surface area (Å²) in [7, 11) is 0. The van der Waals surface area contributed by atoms with Crippen molar-refractivity contribution >= 4 is 5.91 Å². The average Bonchev–Trinajstić information content (AvgIpc) is 2.96. The molecular formula is C16H22N2O. The van der Waals surface area contributed by atoms with E-state index in [0.29, 0.717) is 0 Å². The number of benzene rings is 1. The molecule has 19 heavy (non-hydrogen) atoms. The van der Waals surface area contributed by atoms with Crippen molar-refractivity contribution in [3.05, 3.63) is 35.4 Å². The Morgan fingerprint density at radius 2 is 2.00 bits per heavy atom. The molecule has 1 fully saturated rings. The van der Waals surface area contributed by atoms with Gasteiger partial charge in [-0.1, -0.05) is 44.0 Å². The van der Waals surface area contributed by atoms with Crippen LogP contribution in [0.15, 0.2) is 24.3 Å². The van der Waals surface area contributed by atoms with Gasteiger partial charge in [-0.25, -0.2) is 0 Å². The van der Waals surface area contributed by atoms with Crippen LogP contribution in [0.25, 0.3) is 0 Å². The van der Waals surface area contributed by atoms with Crippen molar-refractivity contribution in [3.8, 4) is 0 Å². The van der Waals surface area contributed by atoms with Gasteiger partial charge in [-0.05, 0) is 30.4 Å². The van der Waals surface area contributed by atoms with Crippen LogP contribution < -0.4 is 11.1 Å². The van der Waals surface area contributed by atoms with Gasteiger partial charge in [-0.3, -0.25) is 4.79 Å². The van der Waals surface area contributed by atoms with Crippen molar-refractivity contribution in [1.82, 2.24) is 5.32 Å². The first-order valence-electron chi connectivity index (χ1n) is 7.24. The molecular weight excluding hydrogens is 236 g/mol. The highest BCUT2D eigenvalue weighted by Crippen LogP contribution is 2.39. The summed E-state index contributed by atoms with van der Waals surface area (Å²) >= 11 is 0. The molecule has 3 N–H and O–H groups in total. The molecule has 1 aromatic carbocycles. The minimum absolute atomic E-state index is 0.00588. The predicted molar refractivity (Wildman–Crippen MR) is 75.6 cm³/mol. The maximum Gasteiger partial charge on any atom is 0.226 e. The lowest BCUT2D eigenvalue weighted by atomic mass is 9.87. The summed E-state index contributed by atoms with van der Waals surface area (Å²) in [4.78, 5) is 12.5. The third kappa shape index (κ3) is 2.16. The molecule has 3 rings (SSSR count). The highest BCUT2D eigenvalue weighted by atomic mass is 16.2. The molecule has 0 aliphatic heterocycles. The number of rotatable bonds is 2. The first kappa shape index (κ1) is 12.7.